The van der Waals surface area contributed by atoms with E-state index in [9.17, 15) is 73.5 Å². The zero-order valence-electron chi connectivity index (χ0n) is 63.5. The van der Waals surface area contributed by atoms with Crippen LogP contribution in [0, 0.1) is 17.3 Å². The van der Waals surface area contributed by atoms with Crippen molar-refractivity contribution in [3.05, 3.63) is 87.0 Å². The molecule has 3 aliphatic carbocycles. The van der Waals surface area contributed by atoms with Crippen molar-refractivity contribution in [3.8, 4) is 17.2 Å². The number of hydrogen-bond donors (Lipinski definition) is 9. The minimum atomic E-state index is -2.36. The zero-order valence-corrected chi connectivity index (χ0v) is 67.6. The number of nitrogens with one attached hydrogen (secondary N) is 3. The number of nitrogens with zero attached hydrogens (tertiary/aromatic N) is 2. The van der Waals surface area contributed by atoms with Crippen LogP contribution in [0.5, 0.6) is 17.2 Å². The zero-order chi connectivity index (χ0) is 80.5. The Balaban J connectivity index is 0.000000365. The number of nitrogens with two attached hydrogens (primary N) is 1. The second kappa shape index (κ2) is 46.7. The summed E-state index contributed by atoms with van der Waals surface area (Å²) in [5, 5.41) is 65.0. The van der Waals surface area contributed by atoms with Crippen molar-refractivity contribution in [2.75, 3.05) is 82.9 Å². The molecule has 1 saturated carbocycles. The highest BCUT2D eigenvalue weighted by Gasteiger charge is 2.51. The van der Waals surface area contributed by atoms with Crippen molar-refractivity contribution in [3.63, 3.8) is 0 Å². The van der Waals surface area contributed by atoms with Gasteiger partial charge in [-0.05, 0) is 87.2 Å². The molecule has 1 heterocycles. The molecule has 4 aliphatic rings. The number of amides is 4. The lowest BCUT2D eigenvalue weighted by Crippen LogP contribution is -2.56. The third-order valence-corrected chi connectivity index (χ3v) is 23.8. The number of aromatic hydroxyl groups is 2. The first kappa shape index (κ1) is 91.6. The number of carbonyl (C=O) groups is 10. The number of hydrogen-bond acceptors (Lipinski definition) is 29. The number of alkyl carbamates (subject to hydrolysis) is 2. The molecular weight excluding hydrogens is 1530 g/mol. The first-order valence-electron chi connectivity index (χ1n) is 37.3. The molecule has 7 rings (SSSR count). The summed E-state index contributed by atoms with van der Waals surface area (Å²) in [4.78, 5) is 131. The highest BCUT2D eigenvalue weighted by Crippen LogP contribution is 2.53. The number of rotatable bonds is 41. The van der Waals surface area contributed by atoms with Gasteiger partial charge >= 0.3 is 30.1 Å². The van der Waals surface area contributed by atoms with Gasteiger partial charge in [0.25, 0.3) is 0 Å². The van der Waals surface area contributed by atoms with Crippen molar-refractivity contribution in [1.29, 1.82) is 0 Å². The second-order valence-electron chi connectivity index (χ2n) is 27.1. The summed E-state index contributed by atoms with van der Waals surface area (Å²) in [5.74, 6) is -4.54. The molecule has 2 fully saturated rings. The Morgan fingerprint density at radius 2 is 1.31 bits per heavy atom. The Morgan fingerprint density at radius 1 is 0.736 bits per heavy atom. The van der Waals surface area contributed by atoms with Gasteiger partial charge in [0.05, 0.1) is 67.7 Å². The van der Waals surface area contributed by atoms with Crippen LogP contribution in [0.2, 0.25) is 0 Å². The monoisotopic (exact) mass is 1630 g/mol. The van der Waals surface area contributed by atoms with Gasteiger partial charge in [0.2, 0.25) is 17.6 Å². The predicted molar refractivity (Wildman–Crippen MR) is 421 cm³/mol. The van der Waals surface area contributed by atoms with Crippen LogP contribution in [0.3, 0.4) is 0 Å². The van der Waals surface area contributed by atoms with E-state index in [0.29, 0.717) is 79.4 Å². The fourth-order valence-electron chi connectivity index (χ4n) is 13.8. The van der Waals surface area contributed by atoms with Crippen molar-refractivity contribution < 1.29 is 111 Å². The average Bonchev–Trinajstić information content (AvgIpc) is 0.710. The summed E-state index contributed by atoms with van der Waals surface area (Å²) in [7, 11) is 7.07. The lowest BCUT2D eigenvalue weighted by atomic mass is 9.72. The Hall–Kier alpha value is -7.28. The molecule has 4 amide bonds. The van der Waals surface area contributed by atoms with Gasteiger partial charge in [0, 0.05) is 77.3 Å². The van der Waals surface area contributed by atoms with Gasteiger partial charge in [-0.1, -0.05) is 152 Å². The van der Waals surface area contributed by atoms with E-state index in [0.717, 1.165) is 57.8 Å². The van der Waals surface area contributed by atoms with Gasteiger partial charge in [-0.3, -0.25) is 48.7 Å². The summed E-state index contributed by atoms with van der Waals surface area (Å²) in [6.45, 7) is 11.2. The maximum absolute atomic E-state index is 14.0. The van der Waals surface area contributed by atoms with E-state index in [-0.39, 0.29) is 114 Å². The highest BCUT2D eigenvalue weighted by atomic mass is 33.1. The normalized spacial score (nSPS) is 19.0. The number of fused-ring (bicyclic) bond motifs is 3. The van der Waals surface area contributed by atoms with Crippen molar-refractivity contribution in [2.24, 2.45) is 28.1 Å². The predicted octanol–water partition coefficient (Wildman–Crippen LogP) is 9.43. The summed E-state index contributed by atoms with van der Waals surface area (Å²) in [6.07, 6.45) is 5.08. The number of carbonyl (C=O) groups excluding carboxylic acids is 10. The number of thiocarbonyl (C=S) groups is 1. The number of benzene rings is 3. The topological polar surface area (TPSA) is 423 Å². The number of Topliss-reactive ketones (excluding diaryl/α,β-unsaturated/α-hetero) is 1. The smallest absolute Gasteiger partial charge is 0.407 e. The van der Waals surface area contributed by atoms with Crippen LogP contribution in [0.15, 0.2) is 47.6 Å². The minimum Gasteiger partial charge on any atom is -0.507 e. The first-order valence-corrected chi connectivity index (χ1v) is 42.7. The van der Waals surface area contributed by atoms with Gasteiger partial charge in [0.15, 0.2) is 23.0 Å². The Bertz CT molecular complexity index is 3640. The fourth-order valence-corrected chi connectivity index (χ4v) is 17.2. The Labute approximate surface area is 662 Å². The molecule has 5 unspecified atom stereocenters. The number of imide groups is 1. The van der Waals surface area contributed by atoms with Gasteiger partial charge in [-0.2, -0.15) is 5.10 Å². The molecule has 10 N–H and O–H groups in total. The molecule has 110 heavy (non-hydrogen) atoms. The maximum Gasteiger partial charge on any atom is 0.407 e. The number of esters is 3. The number of hydrazone groups is 1. The van der Waals surface area contributed by atoms with E-state index in [1.807, 2.05) is 27.7 Å². The number of ketones is 3. The molecule has 34 heteroatoms. The maximum atomic E-state index is 14.0. The molecule has 3 aromatic rings. The Kier molecular flexibility index (Phi) is 38.8. The molecule has 1 saturated heterocycles. The lowest BCUT2D eigenvalue weighted by Gasteiger charge is -2.42. The van der Waals surface area contributed by atoms with E-state index in [4.69, 9.17) is 55.8 Å². The lowest BCUT2D eigenvalue weighted by molar-refractivity contribution is -0.249. The molecular formula is C76H106N6O23S5. The number of phenols is 2. The van der Waals surface area contributed by atoms with E-state index in [1.54, 1.807) is 31.2 Å². The summed E-state index contributed by atoms with van der Waals surface area (Å²) >= 11 is 4.73. The van der Waals surface area contributed by atoms with E-state index >= 15 is 0 Å². The van der Waals surface area contributed by atoms with Crippen LogP contribution in [0.4, 0.5) is 9.59 Å². The van der Waals surface area contributed by atoms with Crippen LogP contribution in [-0.4, -0.2) is 214 Å². The summed E-state index contributed by atoms with van der Waals surface area (Å²) < 4.78 is 44.0. The molecule has 608 valence electrons. The third-order valence-electron chi connectivity index (χ3n) is 19.1. The summed E-state index contributed by atoms with van der Waals surface area (Å²) in [6, 6.07) is 10.4. The number of aliphatic hydroxyl groups is 3. The van der Waals surface area contributed by atoms with Gasteiger partial charge in [0.1, 0.15) is 68.5 Å². The molecule has 0 aromatic heterocycles. The number of phenolic OH excluding ortho intramolecular Hbond substituents is 2. The van der Waals surface area contributed by atoms with Crippen LogP contribution in [0.25, 0.3) is 0 Å². The van der Waals surface area contributed by atoms with Crippen LogP contribution >= 0.6 is 55.4 Å². The Morgan fingerprint density at radius 3 is 1.88 bits per heavy atom. The van der Waals surface area contributed by atoms with Gasteiger partial charge in [-0.15, -0.1) is 0 Å². The number of aliphatic hydroxyl groups excluding tert-OH is 2. The van der Waals surface area contributed by atoms with Crippen LogP contribution < -0.4 is 26.5 Å². The minimum absolute atomic E-state index is 0.00860. The van der Waals surface area contributed by atoms with E-state index in [1.165, 1.54) is 86.5 Å². The van der Waals surface area contributed by atoms with Crippen molar-refractivity contribution in [1.82, 2.24) is 21.0 Å². The molecule has 3 aromatic carbocycles. The largest absolute Gasteiger partial charge is 0.507 e. The highest BCUT2D eigenvalue weighted by molar-refractivity contribution is 8.77. The van der Waals surface area contributed by atoms with E-state index in [2.05, 4.69) is 21.2 Å². The SMILES string of the molecule is CCCC(CCC)C(=O)N(CC(=O)OCCSSCCOC(=O)NCC1(CC(=O)OCC)CCCCC1)C(=O)C(CCC)CCC.COc1cccc2c1C(=O)c1c(O)c3c(c(O)c1C2=O)CC(O)(C(=O)CO)C[C@H]3OC1CC(NC(=O)OCCSSCCOC(=O)Cc2ccccc2/C=N/NC(N)=S)C(O)C(C)O1. The van der Waals surface area contributed by atoms with Crippen LogP contribution in [-0.2, 0) is 74.8 Å². The molecule has 0 bridgehead atoms. The van der Waals surface area contributed by atoms with E-state index < -0.39 is 120 Å². The molecule has 1 aliphatic heterocycles. The average molecular weight is 1630 g/mol. The quantitative estimate of drug-likeness (QED) is 0.00292. The molecule has 29 nitrogen and oxygen atoms in total. The number of methoxy groups -OCH3 is 1. The van der Waals surface area contributed by atoms with Crippen molar-refractivity contribution in [2.45, 2.75) is 193 Å². The molecule has 0 radical (unpaired) electrons. The van der Waals surface area contributed by atoms with Gasteiger partial charge in [-0.25, -0.2) is 9.59 Å². The third kappa shape index (κ3) is 26.7. The first-order chi connectivity index (χ1) is 52.7. The molecule has 0 spiro atoms. The standard InChI is InChI=1S/C42H46N4O15S3.C34H60N2O8S2/c1-20-35(50)25(45-41(55)59-11-13-64-63-12-10-58-29(49)14-21-6-3-4-7-22(21)18-44-46-40(43)62)15-30(60-20)61-27-17-42(56,28(48)19-47)16-24-32(27)39(54)34-33(37(24)52)36(51)23-8-5-9-26(57-2)31(23)38(34)53;1-6-14-27(15-7-2)31(39)36(32(40)28(16-8-3)17-9-4)25-30(38)43-20-22-45-46-23-21-44-33(41)35-26-34(18-12-11-13-19-34)24-29(37)42-10-5/h3-9,18,20,25,27,30,35,47,50,52,54,56H,10-17,19H2,1-2H3,(H,45,55)(H3,43,46,62);27-28H,6-26H2,1-5H3,(H,35,41)/b44-18+;/t20?,25?,27-,30?,35?,42?;/m1./s1. The second-order valence-corrected chi connectivity index (χ2v) is 32.9. The van der Waals surface area contributed by atoms with Crippen molar-refractivity contribution >= 4 is 126 Å². The molecule has 6 atom stereocenters. The van der Waals surface area contributed by atoms with Gasteiger partial charge < -0.3 is 79.8 Å². The summed E-state index contributed by atoms with van der Waals surface area (Å²) in [5.41, 5.74) is 4.80. The number of ether oxygens (including phenoxy) is 8. The fraction of sp³-hybridized carbons (Fsp3) is 0.605. The van der Waals surface area contributed by atoms with Crippen LogP contribution in [0.1, 0.15) is 204 Å².